The maximum atomic E-state index is 12.1. The van der Waals surface area contributed by atoms with E-state index in [0.29, 0.717) is 30.3 Å². The lowest BCUT2D eigenvalue weighted by molar-refractivity contribution is -0.0591. The third-order valence-corrected chi connectivity index (χ3v) is 2.74. The molecule has 2 aromatic rings. The third kappa shape index (κ3) is 2.08. The number of ketones is 1. The van der Waals surface area contributed by atoms with Gasteiger partial charge in [-0.05, 0) is 12.1 Å². The molecule has 4 heteroatoms. The Morgan fingerprint density at radius 2 is 1.72 bits per heavy atom. The molecule has 1 fully saturated rings. The minimum absolute atomic E-state index is 0.139. The Hall–Kier alpha value is -1.91. The summed E-state index contributed by atoms with van der Waals surface area (Å²) in [6.45, 7) is 1.10. The summed E-state index contributed by atoms with van der Waals surface area (Å²) in [6, 6.07) is 12.4. The minimum atomic E-state index is -0.484. The summed E-state index contributed by atoms with van der Waals surface area (Å²) in [5.41, 5.74) is 0.603. The zero-order chi connectivity index (χ0) is 12.4. The van der Waals surface area contributed by atoms with Crippen LogP contribution in [0.2, 0.25) is 0 Å². The van der Waals surface area contributed by atoms with Crippen molar-refractivity contribution in [1.82, 2.24) is 0 Å². The molecule has 0 radical (unpaired) electrons. The molecule has 2 heterocycles. The Balaban J connectivity index is 1.83. The largest absolute Gasteiger partial charge is 0.452 e. The third-order valence-electron chi connectivity index (χ3n) is 2.74. The van der Waals surface area contributed by atoms with Gasteiger partial charge in [0.2, 0.25) is 12.1 Å². The second-order valence-electron chi connectivity index (χ2n) is 3.97. The van der Waals surface area contributed by atoms with Crippen molar-refractivity contribution in [3.8, 4) is 0 Å². The number of carbonyl (C=O) groups excluding carboxylic acids is 1. The number of carbonyl (C=O) groups is 1. The highest BCUT2D eigenvalue weighted by Gasteiger charge is 2.23. The monoisotopic (exact) mass is 244 g/mol. The molecule has 0 spiro atoms. The van der Waals surface area contributed by atoms with Crippen LogP contribution in [-0.4, -0.2) is 19.0 Å². The van der Waals surface area contributed by atoms with Crippen LogP contribution in [0.25, 0.3) is 0 Å². The van der Waals surface area contributed by atoms with E-state index >= 15 is 0 Å². The van der Waals surface area contributed by atoms with Crippen molar-refractivity contribution in [2.45, 2.75) is 6.29 Å². The molecule has 0 atom stereocenters. The van der Waals surface area contributed by atoms with E-state index in [2.05, 4.69) is 0 Å². The van der Waals surface area contributed by atoms with E-state index in [1.165, 1.54) is 0 Å². The van der Waals surface area contributed by atoms with Crippen molar-refractivity contribution < 1.29 is 18.7 Å². The second kappa shape index (κ2) is 4.76. The second-order valence-corrected chi connectivity index (χ2v) is 3.97. The maximum Gasteiger partial charge on any atom is 0.228 e. The predicted molar refractivity (Wildman–Crippen MR) is 63.2 cm³/mol. The Labute approximate surface area is 104 Å². The van der Waals surface area contributed by atoms with Crippen LogP contribution in [0.3, 0.4) is 0 Å². The molecule has 1 aromatic heterocycles. The van der Waals surface area contributed by atoms with E-state index in [4.69, 9.17) is 13.9 Å². The Morgan fingerprint density at radius 1 is 1.00 bits per heavy atom. The minimum Gasteiger partial charge on any atom is -0.452 e. The maximum absolute atomic E-state index is 12.1. The molecule has 1 aromatic carbocycles. The smallest absolute Gasteiger partial charge is 0.228 e. The van der Waals surface area contributed by atoms with Gasteiger partial charge in [-0.1, -0.05) is 30.3 Å². The SMILES string of the molecule is O=C(c1ccccc1)c1ccc(C2OCCO2)o1. The lowest BCUT2D eigenvalue weighted by Crippen LogP contribution is -1.99. The van der Waals surface area contributed by atoms with Crippen LogP contribution < -0.4 is 0 Å². The van der Waals surface area contributed by atoms with Crippen LogP contribution in [0.1, 0.15) is 28.2 Å². The summed E-state index contributed by atoms with van der Waals surface area (Å²) in [5.74, 6) is 0.696. The van der Waals surface area contributed by atoms with Crippen LogP contribution >= 0.6 is 0 Å². The molecular weight excluding hydrogens is 232 g/mol. The number of ether oxygens (including phenoxy) is 2. The molecule has 18 heavy (non-hydrogen) atoms. The van der Waals surface area contributed by atoms with Gasteiger partial charge >= 0.3 is 0 Å². The summed E-state index contributed by atoms with van der Waals surface area (Å²) < 4.78 is 16.1. The fourth-order valence-electron chi connectivity index (χ4n) is 1.86. The molecule has 3 rings (SSSR count). The zero-order valence-electron chi connectivity index (χ0n) is 9.67. The number of hydrogen-bond donors (Lipinski definition) is 0. The molecule has 0 N–H and O–H groups in total. The first-order valence-electron chi connectivity index (χ1n) is 5.77. The summed E-state index contributed by atoms with van der Waals surface area (Å²) >= 11 is 0. The average Bonchev–Trinajstić information content (AvgIpc) is 3.09. The first-order chi connectivity index (χ1) is 8.84. The van der Waals surface area contributed by atoms with E-state index in [1.54, 1.807) is 24.3 Å². The molecule has 0 saturated carbocycles. The summed E-state index contributed by atoms with van der Waals surface area (Å²) in [5, 5.41) is 0. The van der Waals surface area contributed by atoms with Gasteiger partial charge in [-0.25, -0.2) is 0 Å². The summed E-state index contributed by atoms with van der Waals surface area (Å²) in [4.78, 5) is 12.1. The number of rotatable bonds is 3. The number of hydrogen-bond acceptors (Lipinski definition) is 4. The van der Waals surface area contributed by atoms with Gasteiger partial charge in [0, 0.05) is 5.56 Å². The van der Waals surface area contributed by atoms with Gasteiger partial charge in [-0.2, -0.15) is 0 Å². The fourth-order valence-corrected chi connectivity index (χ4v) is 1.86. The van der Waals surface area contributed by atoms with Crippen LogP contribution in [0.4, 0.5) is 0 Å². The first kappa shape index (κ1) is 11.2. The van der Waals surface area contributed by atoms with E-state index in [0.717, 1.165) is 0 Å². The number of furan rings is 1. The standard InChI is InChI=1S/C14H12O4/c15-13(10-4-2-1-3-5-10)11-6-7-12(18-11)14-16-8-9-17-14/h1-7,14H,8-9H2. The highest BCUT2D eigenvalue weighted by molar-refractivity contribution is 6.07. The molecule has 92 valence electrons. The summed E-state index contributed by atoms with van der Waals surface area (Å²) in [6.07, 6.45) is -0.484. The van der Waals surface area contributed by atoms with E-state index < -0.39 is 6.29 Å². The quantitative estimate of drug-likeness (QED) is 0.778. The van der Waals surface area contributed by atoms with Crippen LogP contribution in [0.15, 0.2) is 46.9 Å². The van der Waals surface area contributed by atoms with Crippen molar-refractivity contribution in [2.24, 2.45) is 0 Å². The van der Waals surface area contributed by atoms with Gasteiger partial charge in [0.05, 0.1) is 13.2 Å². The highest BCUT2D eigenvalue weighted by atomic mass is 16.7. The molecule has 0 bridgehead atoms. The zero-order valence-corrected chi connectivity index (χ0v) is 9.67. The molecule has 1 aliphatic rings. The van der Waals surface area contributed by atoms with Crippen molar-refractivity contribution in [2.75, 3.05) is 13.2 Å². The van der Waals surface area contributed by atoms with Crippen molar-refractivity contribution in [3.63, 3.8) is 0 Å². The van der Waals surface area contributed by atoms with E-state index in [1.807, 2.05) is 18.2 Å². The Kier molecular flexibility index (Phi) is 2.96. The molecule has 1 aliphatic heterocycles. The van der Waals surface area contributed by atoms with Gasteiger partial charge in [0.15, 0.2) is 11.5 Å². The molecule has 0 aliphatic carbocycles. The van der Waals surface area contributed by atoms with Gasteiger partial charge in [0.1, 0.15) is 0 Å². The highest BCUT2D eigenvalue weighted by Crippen LogP contribution is 2.25. The topological polar surface area (TPSA) is 48.7 Å². The lowest BCUT2D eigenvalue weighted by atomic mass is 10.1. The van der Waals surface area contributed by atoms with Crippen LogP contribution in [0, 0.1) is 0 Å². The van der Waals surface area contributed by atoms with Crippen molar-refractivity contribution >= 4 is 5.78 Å². The van der Waals surface area contributed by atoms with Crippen LogP contribution in [0.5, 0.6) is 0 Å². The first-order valence-corrected chi connectivity index (χ1v) is 5.77. The summed E-state index contributed by atoms with van der Waals surface area (Å²) in [7, 11) is 0. The molecule has 0 unspecified atom stereocenters. The Bertz CT molecular complexity index is 538. The van der Waals surface area contributed by atoms with Gasteiger partial charge in [-0.15, -0.1) is 0 Å². The van der Waals surface area contributed by atoms with E-state index in [-0.39, 0.29) is 5.78 Å². The fraction of sp³-hybridized carbons (Fsp3) is 0.214. The molecular formula is C14H12O4. The van der Waals surface area contributed by atoms with Crippen molar-refractivity contribution in [3.05, 3.63) is 59.5 Å². The van der Waals surface area contributed by atoms with Crippen LogP contribution in [-0.2, 0) is 9.47 Å². The average molecular weight is 244 g/mol. The van der Waals surface area contributed by atoms with E-state index in [9.17, 15) is 4.79 Å². The molecule has 0 amide bonds. The number of benzene rings is 1. The molecule has 1 saturated heterocycles. The molecule has 4 nitrogen and oxygen atoms in total. The van der Waals surface area contributed by atoms with Gasteiger partial charge < -0.3 is 13.9 Å². The lowest BCUT2D eigenvalue weighted by Gasteiger charge is -2.04. The van der Waals surface area contributed by atoms with Gasteiger partial charge in [-0.3, -0.25) is 4.79 Å². The normalized spacial score (nSPS) is 16.0. The van der Waals surface area contributed by atoms with Gasteiger partial charge in [0.25, 0.3) is 0 Å². The predicted octanol–water partition coefficient (Wildman–Crippen LogP) is 2.56. The Morgan fingerprint density at radius 3 is 2.44 bits per heavy atom. The van der Waals surface area contributed by atoms with Crippen molar-refractivity contribution in [1.29, 1.82) is 0 Å².